The fraction of sp³-hybridized carbons (Fsp3) is 0.615. The van der Waals surface area contributed by atoms with Crippen molar-refractivity contribution >= 4 is 48.6 Å². The van der Waals surface area contributed by atoms with Crippen LogP contribution in [0.1, 0.15) is 282 Å². The van der Waals surface area contributed by atoms with Crippen LogP contribution in [0.4, 0.5) is 0 Å². The molecule has 13 nitrogen and oxygen atoms in total. The molecule has 16 atom stereocenters. The van der Waals surface area contributed by atoms with E-state index in [0.29, 0.717) is 96.2 Å². The first-order valence-electron chi connectivity index (χ1n) is 46.5. The molecule has 2 heterocycles. The Balaban J connectivity index is 0.000000108. The molecule has 0 radical (unpaired) electrons. The van der Waals surface area contributed by atoms with E-state index in [2.05, 4.69) is 153 Å². The number of allylic oxidation sites excluding steroid dienone is 15. The summed E-state index contributed by atoms with van der Waals surface area (Å²) in [5.41, 5.74) is 19.2. The van der Waals surface area contributed by atoms with Crippen molar-refractivity contribution in [1.29, 1.82) is 0 Å². The van der Waals surface area contributed by atoms with Gasteiger partial charge >= 0.3 is 0 Å². The highest BCUT2D eigenvalue weighted by molar-refractivity contribution is 6.70. The van der Waals surface area contributed by atoms with Crippen molar-refractivity contribution in [2.75, 3.05) is 33.0 Å². The summed E-state index contributed by atoms with van der Waals surface area (Å²) in [6, 6.07) is 25.6. The predicted octanol–water partition coefficient (Wildman–Crippen LogP) is 22.9. The number of Topliss-reactive ketones (excluding diaryl/α,β-unsaturated/α-hetero) is 4. The lowest BCUT2D eigenvalue weighted by molar-refractivity contribution is -0.185. The highest BCUT2D eigenvalue weighted by Crippen LogP contribution is 2.74. The third kappa shape index (κ3) is 14.3. The number of ketones is 6. The lowest BCUT2D eigenvalue weighted by Crippen LogP contribution is -2.51. The van der Waals surface area contributed by atoms with Gasteiger partial charge in [0.15, 0.2) is 17.4 Å². The first-order chi connectivity index (χ1) is 56.7. The Kier molecular flexibility index (Phi) is 22.0. The highest BCUT2D eigenvalue weighted by atomic mass is 28.4. The minimum absolute atomic E-state index is 0.0137. The number of carbonyl (C=O) groups excluding carboxylic acids is 6. The Morgan fingerprint density at radius 1 is 0.466 bits per heavy atom. The maximum atomic E-state index is 13.0. The largest absolute Gasteiger partial charge is 0.547 e. The van der Waals surface area contributed by atoms with Crippen LogP contribution in [-0.4, -0.2) is 93.0 Å². The van der Waals surface area contributed by atoms with Crippen molar-refractivity contribution < 1.29 is 61.6 Å². The third-order valence-corrected chi connectivity index (χ3v) is 33.9. The standard InChI is InChI=1S/3C27H32O3.C23H34O4Si/c3*1-3-14-30-20-8-4-17(5-9-20)23-16-27(2)24(12-13-25(27)29)22-10-6-18-15-19(28)7-11-21(18)26(22)23;1-20-9-8-18-16(17(20)5-6-19(20)26-28(2,3)4)7-10-21-15-22(24-13-14-25-22)11-12-23(18,21)27-21/h4-5,8-9,22,24H,3,6-7,10-16H2,1-2H3;2*4-5,8-9,15,22-24H,3,6-7,10-14,16H2,1-2H3;6,8,16-17H,5,7,9-15H2,1-4H3/t22?,24?,27-;22?,23-,24?,27+;22?,23-,24?,27-;16?,17?,20-,21?,23?/m0100/s1. The zero-order chi connectivity index (χ0) is 82.1. The summed E-state index contributed by atoms with van der Waals surface area (Å²) in [5, 5.41) is 0. The van der Waals surface area contributed by atoms with E-state index >= 15 is 0 Å². The number of ether oxygens (including phenoxy) is 6. The van der Waals surface area contributed by atoms with Gasteiger partial charge in [0.2, 0.25) is 8.32 Å². The molecule has 628 valence electrons. The maximum absolute atomic E-state index is 13.0. The minimum Gasteiger partial charge on any atom is -0.547 e. The Labute approximate surface area is 703 Å². The molecule has 0 N–H and O–H groups in total. The number of epoxide rings is 1. The smallest absolute Gasteiger partial charge is 0.241 e. The van der Waals surface area contributed by atoms with Crippen LogP contribution in [-0.2, 0) is 47.4 Å². The van der Waals surface area contributed by atoms with Gasteiger partial charge in [-0.1, -0.05) is 108 Å². The molecule has 0 bridgehead atoms. The SMILES string of the molecule is CCCOc1ccc(C2=C3C4=C(CCC3C3CCC(=O)[C@@]3(C)C2)CC(=O)CC4)cc1.CCCOc1ccc([C@@H]2C[C@]3(C)C(=O)CCC3C3CCC4=CC(=O)CCC4=C32)cc1.CCCOc1ccc([C@H]2C[C@]3(C)C(=O)CCC3C3CCC4=CC(=O)CCC4=C32)cc1.C[C@]12CC=C3C(CCC45CC6(CCC34O5)OCCO6)C1CC=C2O[Si](C)(C)C. The first-order valence-corrected chi connectivity index (χ1v) is 49.9. The van der Waals surface area contributed by atoms with Crippen LogP contribution in [0.2, 0.25) is 19.6 Å². The van der Waals surface area contributed by atoms with Gasteiger partial charge in [-0.2, -0.15) is 0 Å². The van der Waals surface area contributed by atoms with E-state index < -0.39 is 8.32 Å². The Morgan fingerprint density at radius 3 is 1.49 bits per heavy atom. The van der Waals surface area contributed by atoms with E-state index in [0.717, 1.165) is 224 Å². The summed E-state index contributed by atoms with van der Waals surface area (Å²) in [5.74, 6) is 10.7. The molecule has 3 aromatic rings. The fourth-order valence-electron chi connectivity index (χ4n) is 27.5. The zero-order valence-electron chi connectivity index (χ0n) is 72.5. The summed E-state index contributed by atoms with van der Waals surface area (Å²) in [6.45, 7) is 26.0. The molecular formula is C104H130O13Si. The molecule has 16 aliphatic carbocycles. The second-order valence-corrected chi connectivity index (χ2v) is 45.3. The van der Waals surface area contributed by atoms with Crippen LogP contribution >= 0.6 is 0 Å². The lowest BCUT2D eigenvalue weighted by Gasteiger charge is -2.50. The van der Waals surface area contributed by atoms with Gasteiger partial charge in [-0.15, -0.1) is 0 Å². The van der Waals surface area contributed by atoms with Crippen LogP contribution in [0.5, 0.6) is 17.2 Å². The molecule has 14 heteroatoms. The lowest BCUT2D eigenvalue weighted by atomic mass is 9.53. The molecule has 118 heavy (non-hydrogen) atoms. The van der Waals surface area contributed by atoms with Crippen LogP contribution in [0.3, 0.4) is 0 Å². The number of hydrogen-bond donors (Lipinski definition) is 0. The molecule has 0 amide bonds. The van der Waals surface area contributed by atoms with Gasteiger partial charge < -0.3 is 32.8 Å². The highest BCUT2D eigenvalue weighted by Gasteiger charge is 2.79. The summed E-state index contributed by atoms with van der Waals surface area (Å²) in [6.07, 6.45) is 38.8. The van der Waals surface area contributed by atoms with Crippen molar-refractivity contribution in [3.8, 4) is 17.2 Å². The van der Waals surface area contributed by atoms with E-state index in [9.17, 15) is 28.8 Å². The van der Waals surface area contributed by atoms with E-state index in [4.69, 9.17) is 32.8 Å². The summed E-state index contributed by atoms with van der Waals surface area (Å²) >= 11 is 0. The van der Waals surface area contributed by atoms with Crippen molar-refractivity contribution in [3.05, 3.63) is 175 Å². The molecular weight excluding hydrogens is 1490 g/mol. The van der Waals surface area contributed by atoms with Crippen LogP contribution < -0.4 is 14.2 Å². The van der Waals surface area contributed by atoms with E-state index in [1.54, 1.807) is 16.7 Å². The van der Waals surface area contributed by atoms with Gasteiger partial charge in [-0.05, 0) is 331 Å². The summed E-state index contributed by atoms with van der Waals surface area (Å²) in [7, 11) is -1.58. The van der Waals surface area contributed by atoms with Gasteiger partial charge in [0.05, 0.1) is 38.8 Å². The topological polar surface area (TPSA) is 170 Å². The average molecular weight is 1620 g/mol. The molecule has 1 spiro atoms. The number of fused-ring (bicyclic) bond motifs is 15. The van der Waals surface area contributed by atoms with Crippen molar-refractivity contribution in [1.82, 2.24) is 0 Å². The maximum Gasteiger partial charge on any atom is 0.241 e. The van der Waals surface area contributed by atoms with Gasteiger partial charge in [0.1, 0.15) is 51.6 Å². The molecule has 2 aliphatic heterocycles. The molecule has 7 saturated carbocycles. The fourth-order valence-corrected chi connectivity index (χ4v) is 28.4. The quantitative estimate of drug-likeness (QED) is 0.0849. The van der Waals surface area contributed by atoms with E-state index in [-0.39, 0.29) is 62.1 Å². The van der Waals surface area contributed by atoms with Gasteiger partial charge in [-0.25, -0.2) is 0 Å². The number of hydrogen-bond acceptors (Lipinski definition) is 13. The van der Waals surface area contributed by atoms with Crippen LogP contribution in [0.15, 0.2) is 159 Å². The second-order valence-electron chi connectivity index (χ2n) is 40.9. The zero-order valence-corrected chi connectivity index (χ0v) is 73.5. The van der Waals surface area contributed by atoms with Crippen molar-refractivity contribution in [2.45, 2.75) is 302 Å². The predicted molar refractivity (Wildman–Crippen MR) is 462 cm³/mol. The second kappa shape index (κ2) is 31.7. The third-order valence-electron chi connectivity index (χ3n) is 33.1. The number of rotatable bonds is 14. The van der Waals surface area contributed by atoms with Gasteiger partial charge in [-0.3, -0.25) is 28.8 Å². The summed E-state index contributed by atoms with van der Waals surface area (Å²) in [4.78, 5) is 75.2. The molecule has 10 unspecified atom stereocenters. The molecule has 2 saturated heterocycles. The normalized spacial score (nSPS) is 36.1. The van der Waals surface area contributed by atoms with Gasteiger partial charge in [0.25, 0.3) is 0 Å². The van der Waals surface area contributed by atoms with Gasteiger partial charge in [0, 0.05) is 91.3 Å². The Hall–Kier alpha value is -7.10. The number of benzene rings is 3. The van der Waals surface area contributed by atoms with E-state index in [1.807, 2.05) is 12.2 Å². The average Bonchev–Trinajstić information content (AvgIpc) is 1.48. The van der Waals surface area contributed by atoms with Crippen molar-refractivity contribution in [2.24, 2.45) is 69.0 Å². The summed E-state index contributed by atoms with van der Waals surface area (Å²) < 4.78 is 42.7. The van der Waals surface area contributed by atoms with E-state index in [1.165, 1.54) is 73.5 Å². The molecule has 9 fully saturated rings. The molecule has 3 aromatic carbocycles. The minimum atomic E-state index is -1.58. The Bertz CT molecular complexity index is 4640. The molecule has 0 aromatic heterocycles. The molecule has 21 rings (SSSR count). The first kappa shape index (κ1) is 81.9. The Morgan fingerprint density at radius 2 is 0.966 bits per heavy atom. The molecule has 18 aliphatic rings. The van der Waals surface area contributed by atoms with Crippen LogP contribution in [0, 0.1) is 69.0 Å². The number of carbonyl (C=O) groups is 6. The monoisotopic (exact) mass is 1610 g/mol. The van der Waals surface area contributed by atoms with Crippen LogP contribution in [0.25, 0.3) is 5.57 Å². The van der Waals surface area contributed by atoms with Crippen molar-refractivity contribution in [3.63, 3.8) is 0 Å².